The van der Waals surface area contributed by atoms with Gasteiger partial charge in [0.1, 0.15) is 10.2 Å². The lowest BCUT2D eigenvalue weighted by Crippen LogP contribution is -2.45. The average molecular weight is 322 g/mol. The zero-order chi connectivity index (χ0) is 11.3. The van der Waals surface area contributed by atoms with Gasteiger partial charge in [-0.15, -0.1) is 12.4 Å². The molecule has 1 unspecified atom stereocenters. The van der Waals surface area contributed by atoms with Crippen molar-refractivity contribution in [3.05, 3.63) is 26.6 Å². The van der Waals surface area contributed by atoms with Crippen molar-refractivity contribution in [1.82, 2.24) is 9.88 Å². The number of aromatic nitrogens is 1. The van der Waals surface area contributed by atoms with E-state index in [1.807, 2.05) is 4.57 Å². The second kappa shape index (κ2) is 4.63. The zero-order valence-corrected chi connectivity index (χ0v) is 11.6. The molecular formula is C11H14BrClN2O2. The topological polar surface area (TPSA) is 54.3 Å². The molecule has 0 saturated carbocycles. The second-order valence-electron chi connectivity index (χ2n) is 4.64. The van der Waals surface area contributed by atoms with Crippen LogP contribution in [0.5, 0.6) is 5.75 Å². The van der Waals surface area contributed by atoms with Crippen molar-refractivity contribution >= 4 is 28.3 Å². The van der Waals surface area contributed by atoms with E-state index < -0.39 is 0 Å². The summed E-state index contributed by atoms with van der Waals surface area (Å²) in [5.41, 5.74) is 0.862. The monoisotopic (exact) mass is 320 g/mol. The normalized spacial score (nSPS) is 25.9. The Morgan fingerprint density at radius 3 is 3.00 bits per heavy atom. The van der Waals surface area contributed by atoms with Gasteiger partial charge in [-0.2, -0.15) is 0 Å². The summed E-state index contributed by atoms with van der Waals surface area (Å²) in [4.78, 5) is 12.0. The molecule has 6 heteroatoms. The smallest absolute Gasteiger partial charge is 0.268 e. The number of nitrogens with zero attached hydrogens (tertiary/aromatic N) is 1. The fourth-order valence-electron chi connectivity index (χ4n) is 2.81. The minimum atomic E-state index is -0.105. The number of pyridine rings is 1. The quantitative estimate of drug-likeness (QED) is 0.760. The highest BCUT2D eigenvalue weighted by Gasteiger charge is 2.31. The molecular weight excluding hydrogens is 307 g/mol. The molecule has 2 bridgehead atoms. The van der Waals surface area contributed by atoms with Crippen molar-refractivity contribution in [3.63, 3.8) is 0 Å². The maximum Gasteiger partial charge on any atom is 0.268 e. The predicted octanol–water partition coefficient (Wildman–Crippen LogP) is 1.44. The van der Waals surface area contributed by atoms with E-state index in [1.54, 1.807) is 6.07 Å². The Hall–Kier alpha value is -0.520. The van der Waals surface area contributed by atoms with Crippen LogP contribution >= 0.6 is 28.3 Å². The Labute approximate surface area is 114 Å². The van der Waals surface area contributed by atoms with Gasteiger partial charge in [0, 0.05) is 30.8 Å². The first-order chi connectivity index (χ1) is 7.66. The molecule has 0 amide bonds. The van der Waals surface area contributed by atoms with Crippen LogP contribution in [0.2, 0.25) is 0 Å². The van der Waals surface area contributed by atoms with Gasteiger partial charge >= 0.3 is 0 Å². The summed E-state index contributed by atoms with van der Waals surface area (Å²) in [5.74, 6) is 0.958. The van der Waals surface area contributed by atoms with Gasteiger partial charge < -0.3 is 15.0 Å². The van der Waals surface area contributed by atoms with Gasteiger partial charge in [-0.1, -0.05) is 0 Å². The van der Waals surface area contributed by atoms with E-state index >= 15 is 0 Å². The molecule has 0 aromatic carbocycles. The zero-order valence-electron chi connectivity index (χ0n) is 9.15. The van der Waals surface area contributed by atoms with Gasteiger partial charge in [0.2, 0.25) is 0 Å². The molecule has 4 nitrogen and oxygen atoms in total. The SMILES string of the molecule is Cl.O=c1c(Br)c(O)cc2n1CC1CNC[C@@H]2C1. The number of rotatable bonds is 0. The molecule has 2 N–H and O–H groups in total. The molecule has 2 aliphatic heterocycles. The lowest BCUT2D eigenvalue weighted by molar-refractivity contribution is 0.255. The van der Waals surface area contributed by atoms with Crippen LogP contribution in [0.4, 0.5) is 0 Å². The van der Waals surface area contributed by atoms with Crippen molar-refractivity contribution in [2.45, 2.75) is 18.9 Å². The summed E-state index contributed by atoms with van der Waals surface area (Å²) in [6, 6.07) is 1.72. The third-order valence-corrected chi connectivity index (χ3v) is 4.30. The third kappa shape index (κ3) is 2.00. The Balaban J connectivity index is 0.00000108. The van der Waals surface area contributed by atoms with Crippen LogP contribution < -0.4 is 10.9 Å². The minimum absolute atomic E-state index is 0. The fourth-order valence-corrected chi connectivity index (χ4v) is 3.14. The van der Waals surface area contributed by atoms with Crippen LogP contribution in [0.25, 0.3) is 0 Å². The third-order valence-electron chi connectivity index (χ3n) is 3.55. The van der Waals surface area contributed by atoms with Gasteiger partial charge in [0.25, 0.3) is 5.56 Å². The highest BCUT2D eigenvalue weighted by Crippen LogP contribution is 2.34. The molecule has 1 saturated heterocycles. The summed E-state index contributed by atoms with van der Waals surface area (Å²) >= 11 is 3.14. The van der Waals surface area contributed by atoms with E-state index in [0.717, 1.165) is 31.7 Å². The van der Waals surface area contributed by atoms with Gasteiger partial charge in [0.05, 0.1) is 0 Å². The first-order valence-corrected chi connectivity index (χ1v) is 6.29. The number of aromatic hydroxyl groups is 1. The Morgan fingerprint density at radius 1 is 1.47 bits per heavy atom. The van der Waals surface area contributed by atoms with Gasteiger partial charge in [-0.3, -0.25) is 4.79 Å². The number of hydrogen-bond donors (Lipinski definition) is 2. The minimum Gasteiger partial charge on any atom is -0.506 e. The van der Waals surface area contributed by atoms with Crippen LogP contribution in [0.1, 0.15) is 18.0 Å². The largest absolute Gasteiger partial charge is 0.506 e. The summed E-state index contributed by atoms with van der Waals surface area (Å²) < 4.78 is 2.09. The number of fused-ring (bicyclic) bond motifs is 4. The van der Waals surface area contributed by atoms with Gasteiger partial charge in [-0.25, -0.2) is 0 Å². The van der Waals surface area contributed by atoms with Crippen molar-refractivity contribution in [2.24, 2.45) is 5.92 Å². The first kappa shape index (κ1) is 12.9. The number of hydrogen-bond acceptors (Lipinski definition) is 3. The molecule has 0 radical (unpaired) electrons. The second-order valence-corrected chi connectivity index (χ2v) is 5.43. The van der Waals surface area contributed by atoms with Crippen molar-refractivity contribution in [1.29, 1.82) is 0 Å². The van der Waals surface area contributed by atoms with Gasteiger partial charge in [0.15, 0.2) is 0 Å². The molecule has 2 aliphatic rings. The van der Waals surface area contributed by atoms with Crippen LogP contribution in [-0.4, -0.2) is 22.8 Å². The lowest BCUT2D eigenvalue weighted by atomic mass is 9.84. The first-order valence-electron chi connectivity index (χ1n) is 5.49. The van der Waals surface area contributed by atoms with Crippen molar-refractivity contribution < 1.29 is 5.11 Å². The van der Waals surface area contributed by atoms with Crippen LogP contribution in [0.15, 0.2) is 15.3 Å². The number of piperidine rings is 1. The van der Waals surface area contributed by atoms with E-state index in [2.05, 4.69) is 21.2 Å². The van der Waals surface area contributed by atoms with E-state index in [0.29, 0.717) is 11.8 Å². The highest BCUT2D eigenvalue weighted by atomic mass is 79.9. The summed E-state index contributed by atoms with van der Waals surface area (Å²) in [6.45, 7) is 2.65. The molecule has 3 heterocycles. The van der Waals surface area contributed by atoms with E-state index in [1.165, 1.54) is 0 Å². The van der Waals surface area contributed by atoms with Crippen LogP contribution in [-0.2, 0) is 6.54 Å². The molecule has 17 heavy (non-hydrogen) atoms. The predicted molar refractivity (Wildman–Crippen MR) is 71.0 cm³/mol. The van der Waals surface area contributed by atoms with E-state index in [4.69, 9.17) is 0 Å². The average Bonchev–Trinajstić information content (AvgIpc) is 2.29. The molecule has 1 aromatic heterocycles. The molecule has 2 atom stereocenters. The molecule has 94 valence electrons. The summed E-state index contributed by atoms with van der Waals surface area (Å²) in [5, 5.41) is 13.0. The van der Waals surface area contributed by atoms with E-state index in [9.17, 15) is 9.90 Å². The molecule has 0 aliphatic carbocycles. The fraction of sp³-hybridized carbons (Fsp3) is 0.545. The van der Waals surface area contributed by atoms with Crippen LogP contribution in [0, 0.1) is 5.92 Å². The Bertz CT molecular complexity index is 503. The lowest BCUT2D eigenvalue weighted by Gasteiger charge is -2.37. The van der Waals surface area contributed by atoms with Gasteiger partial charge in [-0.05, 0) is 34.8 Å². The molecule has 0 spiro atoms. The Morgan fingerprint density at radius 2 is 2.24 bits per heavy atom. The number of nitrogens with one attached hydrogen (secondary N) is 1. The summed E-state index contributed by atoms with van der Waals surface area (Å²) in [7, 11) is 0. The van der Waals surface area contributed by atoms with Crippen molar-refractivity contribution in [3.8, 4) is 5.75 Å². The Kier molecular flexibility index (Phi) is 3.52. The standard InChI is InChI=1S/C11H13BrN2O2.ClH/c12-10-9(15)2-8-7-1-6(3-13-4-7)5-14(8)11(10)16;/h2,6-7,13,15H,1,3-5H2;1H/t6?,7-;/m0./s1. The molecule has 1 aromatic rings. The van der Waals surface area contributed by atoms with Crippen molar-refractivity contribution in [2.75, 3.05) is 13.1 Å². The maximum atomic E-state index is 12.0. The molecule has 1 fully saturated rings. The van der Waals surface area contributed by atoms with E-state index in [-0.39, 0.29) is 28.2 Å². The molecule has 3 rings (SSSR count). The van der Waals surface area contributed by atoms with Crippen LogP contribution in [0.3, 0.4) is 0 Å². The summed E-state index contributed by atoms with van der Waals surface area (Å²) in [6.07, 6.45) is 1.12. The highest BCUT2D eigenvalue weighted by molar-refractivity contribution is 9.10. The number of halogens is 2. The maximum absolute atomic E-state index is 12.0.